The van der Waals surface area contributed by atoms with Crippen LogP contribution in [-0.2, 0) is 9.47 Å². The van der Waals surface area contributed by atoms with Crippen molar-refractivity contribution in [2.24, 2.45) is 0 Å². The number of carbonyl (C=O) groups is 2. The summed E-state index contributed by atoms with van der Waals surface area (Å²) in [5.41, 5.74) is 0.166. The highest BCUT2D eigenvalue weighted by atomic mass is 16.6. The molecule has 0 aromatic heterocycles. The van der Waals surface area contributed by atoms with E-state index in [-0.39, 0.29) is 42.0 Å². The van der Waals surface area contributed by atoms with Gasteiger partial charge in [0.25, 0.3) is 0 Å². The van der Waals surface area contributed by atoms with E-state index in [4.69, 9.17) is 19.3 Å². The van der Waals surface area contributed by atoms with Gasteiger partial charge >= 0.3 is 12.0 Å². The Hall–Kier alpha value is -2.32. The van der Waals surface area contributed by atoms with Crippen LogP contribution >= 0.6 is 0 Å². The predicted molar refractivity (Wildman–Crippen MR) is 99.6 cm³/mol. The molecular formula is C20H26N2O6. The molecule has 0 radical (unpaired) electrons. The smallest absolute Gasteiger partial charge is 0.335 e. The van der Waals surface area contributed by atoms with E-state index in [1.54, 1.807) is 12.1 Å². The summed E-state index contributed by atoms with van der Waals surface area (Å²) < 4.78 is 17.6. The lowest BCUT2D eigenvalue weighted by Gasteiger charge is -2.24. The van der Waals surface area contributed by atoms with Gasteiger partial charge in [0.05, 0.1) is 24.8 Å². The highest BCUT2D eigenvalue weighted by Crippen LogP contribution is 2.30. The van der Waals surface area contributed by atoms with Gasteiger partial charge in [-0.05, 0) is 31.0 Å². The first-order chi connectivity index (χ1) is 13.6. The molecule has 28 heavy (non-hydrogen) atoms. The molecule has 2 heterocycles. The molecule has 1 saturated carbocycles. The van der Waals surface area contributed by atoms with E-state index in [2.05, 4.69) is 10.6 Å². The molecule has 3 aliphatic rings. The fraction of sp³-hybridized carbons (Fsp3) is 0.600. The van der Waals surface area contributed by atoms with Crippen molar-refractivity contribution in [1.29, 1.82) is 0 Å². The van der Waals surface area contributed by atoms with Crippen LogP contribution in [0.4, 0.5) is 4.79 Å². The summed E-state index contributed by atoms with van der Waals surface area (Å²) in [6.07, 6.45) is 4.71. The Morgan fingerprint density at radius 2 is 1.82 bits per heavy atom. The second-order valence-electron chi connectivity index (χ2n) is 7.64. The molecule has 2 saturated heterocycles. The largest absolute Gasteiger partial charge is 0.485 e. The van der Waals surface area contributed by atoms with Crippen molar-refractivity contribution in [3.8, 4) is 5.75 Å². The molecule has 1 aromatic rings. The number of ether oxygens (including phenoxy) is 3. The molecule has 2 amide bonds. The fourth-order valence-electron chi connectivity index (χ4n) is 4.21. The van der Waals surface area contributed by atoms with E-state index >= 15 is 0 Å². The maximum Gasteiger partial charge on any atom is 0.335 e. The van der Waals surface area contributed by atoms with Crippen LogP contribution in [0.25, 0.3) is 0 Å². The Bertz CT molecular complexity index is 720. The van der Waals surface area contributed by atoms with Crippen molar-refractivity contribution in [3.05, 3.63) is 29.8 Å². The highest BCUT2D eigenvalue weighted by Gasteiger charge is 2.49. The van der Waals surface area contributed by atoms with Gasteiger partial charge in [0.15, 0.2) is 6.10 Å². The number of carboxylic acid groups (broad SMARTS) is 1. The van der Waals surface area contributed by atoms with Gasteiger partial charge in [0.2, 0.25) is 0 Å². The van der Waals surface area contributed by atoms with Crippen molar-refractivity contribution >= 4 is 12.0 Å². The van der Waals surface area contributed by atoms with Gasteiger partial charge in [-0.1, -0.05) is 25.3 Å². The van der Waals surface area contributed by atoms with Gasteiger partial charge < -0.3 is 30.0 Å². The third-order valence-electron chi connectivity index (χ3n) is 5.63. The van der Waals surface area contributed by atoms with Crippen LogP contribution < -0.4 is 15.4 Å². The number of nitrogens with one attached hydrogen (secondary N) is 2. The Morgan fingerprint density at radius 3 is 2.61 bits per heavy atom. The molecule has 1 aromatic carbocycles. The van der Waals surface area contributed by atoms with Crippen molar-refractivity contribution in [1.82, 2.24) is 10.6 Å². The molecule has 8 heteroatoms. The van der Waals surface area contributed by atoms with Crippen molar-refractivity contribution in [2.45, 2.75) is 62.5 Å². The lowest BCUT2D eigenvalue weighted by molar-refractivity contribution is 0.0303. The molecule has 3 N–H and O–H groups in total. The van der Waals surface area contributed by atoms with Crippen LogP contribution in [-0.4, -0.2) is 60.7 Å². The first-order valence-corrected chi connectivity index (χ1v) is 9.90. The van der Waals surface area contributed by atoms with Gasteiger partial charge in [-0.2, -0.15) is 0 Å². The van der Waals surface area contributed by atoms with Crippen molar-refractivity contribution in [2.75, 3.05) is 13.2 Å². The summed E-state index contributed by atoms with van der Waals surface area (Å²) in [6.45, 7) is 0.692. The van der Waals surface area contributed by atoms with Gasteiger partial charge in [-0.25, -0.2) is 9.59 Å². The molecule has 8 nitrogen and oxygen atoms in total. The van der Waals surface area contributed by atoms with Crippen LogP contribution in [0.15, 0.2) is 24.3 Å². The summed E-state index contributed by atoms with van der Waals surface area (Å²) in [5, 5.41) is 15.1. The van der Waals surface area contributed by atoms with Gasteiger partial charge in [-0.15, -0.1) is 0 Å². The van der Waals surface area contributed by atoms with E-state index in [9.17, 15) is 9.59 Å². The molecular weight excluding hydrogens is 364 g/mol. The highest BCUT2D eigenvalue weighted by molar-refractivity contribution is 5.88. The normalized spacial score (nSPS) is 29.9. The third-order valence-corrected chi connectivity index (χ3v) is 5.63. The number of urea groups is 1. The zero-order chi connectivity index (χ0) is 19.5. The number of carbonyl (C=O) groups excluding carboxylic acids is 1. The quantitative estimate of drug-likeness (QED) is 0.709. The van der Waals surface area contributed by atoms with E-state index in [1.165, 1.54) is 18.6 Å². The van der Waals surface area contributed by atoms with Crippen molar-refractivity contribution in [3.63, 3.8) is 0 Å². The Labute approximate surface area is 163 Å². The monoisotopic (exact) mass is 390 g/mol. The Balaban J connectivity index is 1.31. The molecule has 0 unspecified atom stereocenters. The second-order valence-corrected chi connectivity index (χ2v) is 7.64. The number of rotatable bonds is 5. The minimum absolute atomic E-state index is 0.166. The minimum atomic E-state index is -1.00. The maximum absolute atomic E-state index is 12.3. The van der Waals surface area contributed by atoms with Crippen LogP contribution in [0, 0.1) is 0 Å². The topological polar surface area (TPSA) is 106 Å². The number of aromatic carboxylic acids is 1. The number of carboxylic acids is 1. The summed E-state index contributed by atoms with van der Waals surface area (Å²) in [6, 6.07) is 6.19. The van der Waals surface area contributed by atoms with Crippen LogP contribution in [0.1, 0.15) is 42.5 Å². The number of fused-ring (bicyclic) bond motifs is 1. The number of amides is 2. The third kappa shape index (κ3) is 4.23. The van der Waals surface area contributed by atoms with E-state index in [0.29, 0.717) is 19.0 Å². The number of hydrogen-bond acceptors (Lipinski definition) is 5. The zero-order valence-corrected chi connectivity index (χ0v) is 15.6. The molecule has 0 bridgehead atoms. The molecule has 0 spiro atoms. The summed E-state index contributed by atoms with van der Waals surface area (Å²) in [5.74, 6) is -0.541. The predicted octanol–water partition coefficient (Wildman–Crippen LogP) is 1.93. The first kappa shape index (κ1) is 19.0. The summed E-state index contributed by atoms with van der Waals surface area (Å²) in [4.78, 5) is 23.4. The average molecular weight is 390 g/mol. The summed E-state index contributed by atoms with van der Waals surface area (Å²) >= 11 is 0. The van der Waals surface area contributed by atoms with E-state index < -0.39 is 5.97 Å². The lowest BCUT2D eigenvalue weighted by Crippen LogP contribution is -2.51. The van der Waals surface area contributed by atoms with Gasteiger partial charge in [-0.3, -0.25) is 0 Å². The maximum atomic E-state index is 12.3. The summed E-state index contributed by atoms with van der Waals surface area (Å²) in [7, 11) is 0. The van der Waals surface area contributed by atoms with E-state index in [1.807, 2.05) is 0 Å². The first-order valence-electron chi connectivity index (χ1n) is 9.90. The molecule has 152 valence electrons. The van der Waals surface area contributed by atoms with Crippen LogP contribution in [0.3, 0.4) is 0 Å². The average Bonchev–Trinajstić information content (AvgIpc) is 3.26. The molecule has 1 aliphatic carbocycles. The zero-order valence-electron chi connectivity index (χ0n) is 15.6. The molecule has 3 fully saturated rings. The SMILES string of the molecule is O=C(NC1CCCCC1)N[C@H]1CO[C@H]2[C@@H]1OC[C@@H]2Oc1cccc(C(=O)O)c1. The molecule has 4 rings (SSSR count). The molecule has 2 aliphatic heterocycles. The van der Waals surface area contributed by atoms with Crippen LogP contribution in [0.2, 0.25) is 0 Å². The molecule has 4 atom stereocenters. The second kappa shape index (κ2) is 8.36. The fourth-order valence-corrected chi connectivity index (χ4v) is 4.21. The Morgan fingerprint density at radius 1 is 1.04 bits per heavy atom. The van der Waals surface area contributed by atoms with Crippen molar-refractivity contribution < 1.29 is 28.9 Å². The minimum Gasteiger partial charge on any atom is -0.485 e. The number of benzene rings is 1. The lowest BCUT2D eigenvalue weighted by atomic mass is 9.96. The van der Waals surface area contributed by atoms with E-state index in [0.717, 1.165) is 25.7 Å². The van der Waals surface area contributed by atoms with Gasteiger partial charge in [0, 0.05) is 6.04 Å². The van der Waals surface area contributed by atoms with Crippen LogP contribution in [0.5, 0.6) is 5.75 Å². The number of hydrogen-bond donors (Lipinski definition) is 3. The standard InChI is InChI=1S/C20H26N2O6/c23-19(24)12-5-4-8-14(9-12)28-16-11-27-17-15(10-26-18(16)17)22-20(25)21-13-6-2-1-3-7-13/h4-5,8-9,13,15-18H,1-3,6-7,10-11H2,(H,23,24)(H2,21,22,25)/t15-,16-,17+,18+/m0/s1. The van der Waals surface area contributed by atoms with Gasteiger partial charge in [0.1, 0.15) is 18.0 Å². The Kier molecular flexibility index (Phi) is 5.68.